The summed E-state index contributed by atoms with van der Waals surface area (Å²) in [4.78, 5) is 14.6. The summed E-state index contributed by atoms with van der Waals surface area (Å²) in [6.45, 7) is 3.23. The van der Waals surface area contributed by atoms with Gasteiger partial charge in [-0.3, -0.25) is 9.69 Å². The Labute approximate surface area is 169 Å². The lowest BCUT2D eigenvalue weighted by Gasteiger charge is -2.36. The standard InChI is InChI=1S/C20H22FN3O3.ClH/c21-15-3-1-2-14(10-15)17-12-22-7-9-24(17)8-6-20(25)23-16-4-5-18-19(11-16)27-13-26-18;/h1-5,10-11,17,22H,6-9,12-13H2,(H,23,25);1H. The number of nitrogens with zero attached hydrogens (tertiary/aromatic N) is 1. The summed E-state index contributed by atoms with van der Waals surface area (Å²) in [6.07, 6.45) is 0.361. The fourth-order valence-corrected chi connectivity index (χ4v) is 3.50. The van der Waals surface area contributed by atoms with Gasteiger partial charge >= 0.3 is 0 Å². The maximum Gasteiger partial charge on any atom is 0.231 e. The highest BCUT2D eigenvalue weighted by Crippen LogP contribution is 2.34. The average molecular weight is 408 g/mol. The first-order valence-electron chi connectivity index (χ1n) is 9.09. The molecule has 2 aliphatic rings. The third-order valence-corrected chi connectivity index (χ3v) is 4.87. The van der Waals surface area contributed by atoms with E-state index in [1.165, 1.54) is 6.07 Å². The van der Waals surface area contributed by atoms with Crippen molar-refractivity contribution in [1.82, 2.24) is 10.2 Å². The molecule has 0 aromatic heterocycles. The quantitative estimate of drug-likeness (QED) is 0.798. The Bertz CT molecular complexity index is 836. The Morgan fingerprint density at radius 3 is 2.93 bits per heavy atom. The Hall–Kier alpha value is -2.35. The van der Waals surface area contributed by atoms with Gasteiger partial charge in [0.1, 0.15) is 5.82 Å². The number of fused-ring (bicyclic) bond motifs is 1. The molecule has 2 N–H and O–H groups in total. The van der Waals surface area contributed by atoms with Gasteiger partial charge in [-0.25, -0.2) is 4.39 Å². The minimum absolute atomic E-state index is 0. The SMILES string of the molecule is Cl.O=C(CCN1CCNCC1c1cccc(F)c1)Nc1ccc2c(c1)OCO2. The number of rotatable bonds is 5. The molecule has 28 heavy (non-hydrogen) atoms. The van der Waals surface area contributed by atoms with Crippen molar-refractivity contribution in [3.05, 3.63) is 53.8 Å². The number of amides is 1. The molecule has 0 spiro atoms. The maximum atomic E-state index is 13.6. The molecule has 6 nitrogen and oxygen atoms in total. The van der Waals surface area contributed by atoms with Crippen LogP contribution in [0.3, 0.4) is 0 Å². The number of hydrogen-bond donors (Lipinski definition) is 2. The molecule has 1 unspecified atom stereocenters. The van der Waals surface area contributed by atoms with E-state index in [9.17, 15) is 9.18 Å². The van der Waals surface area contributed by atoms with Crippen LogP contribution in [0.2, 0.25) is 0 Å². The Balaban J connectivity index is 0.00000225. The second-order valence-corrected chi connectivity index (χ2v) is 6.68. The number of nitrogens with one attached hydrogen (secondary N) is 2. The summed E-state index contributed by atoms with van der Waals surface area (Å²) in [6, 6.07) is 12.1. The molecule has 1 saturated heterocycles. The molecule has 2 aromatic rings. The van der Waals surface area contributed by atoms with Crippen molar-refractivity contribution in [2.24, 2.45) is 0 Å². The van der Waals surface area contributed by atoms with Crippen LogP contribution in [0.1, 0.15) is 18.0 Å². The zero-order valence-electron chi connectivity index (χ0n) is 15.3. The van der Waals surface area contributed by atoms with Crippen LogP contribution in [0, 0.1) is 5.82 Å². The van der Waals surface area contributed by atoms with E-state index in [1.807, 2.05) is 6.07 Å². The summed E-state index contributed by atoms with van der Waals surface area (Å²) < 4.78 is 24.2. The highest BCUT2D eigenvalue weighted by atomic mass is 35.5. The maximum absolute atomic E-state index is 13.6. The number of ether oxygens (including phenoxy) is 2. The normalized spacial score (nSPS) is 18.4. The van der Waals surface area contributed by atoms with Gasteiger partial charge in [-0.1, -0.05) is 12.1 Å². The fraction of sp³-hybridized carbons (Fsp3) is 0.350. The summed E-state index contributed by atoms with van der Waals surface area (Å²) in [5.41, 5.74) is 1.62. The fourth-order valence-electron chi connectivity index (χ4n) is 3.50. The van der Waals surface area contributed by atoms with Crippen molar-refractivity contribution in [3.8, 4) is 11.5 Å². The Kier molecular flexibility index (Phi) is 6.72. The molecule has 1 amide bonds. The van der Waals surface area contributed by atoms with Gasteiger partial charge in [0.15, 0.2) is 11.5 Å². The first-order valence-corrected chi connectivity index (χ1v) is 9.09. The molecule has 2 heterocycles. The number of piperazine rings is 1. The minimum Gasteiger partial charge on any atom is -0.454 e. The van der Waals surface area contributed by atoms with Crippen molar-refractivity contribution in [1.29, 1.82) is 0 Å². The molecule has 2 aliphatic heterocycles. The van der Waals surface area contributed by atoms with E-state index in [4.69, 9.17) is 9.47 Å². The van der Waals surface area contributed by atoms with Crippen LogP contribution in [0.4, 0.5) is 10.1 Å². The lowest BCUT2D eigenvalue weighted by Crippen LogP contribution is -2.46. The van der Waals surface area contributed by atoms with Gasteiger partial charge in [0.05, 0.1) is 0 Å². The molecule has 0 bridgehead atoms. The van der Waals surface area contributed by atoms with Crippen LogP contribution >= 0.6 is 12.4 Å². The van der Waals surface area contributed by atoms with E-state index < -0.39 is 0 Å². The third kappa shape index (κ3) is 4.73. The van der Waals surface area contributed by atoms with E-state index in [-0.39, 0.29) is 37.0 Å². The Morgan fingerprint density at radius 2 is 2.07 bits per heavy atom. The monoisotopic (exact) mass is 407 g/mol. The zero-order chi connectivity index (χ0) is 18.6. The first kappa shape index (κ1) is 20.4. The van der Waals surface area contributed by atoms with Gasteiger partial charge in [-0.15, -0.1) is 12.4 Å². The topological polar surface area (TPSA) is 62.8 Å². The van der Waals surface area contributed by atoms with Crippen LogP contribution < -0.4 is 20.1 Å². The van der Waals surface area contributed by atoms with Gasteiger partial charge in [-0.2, -0.15) is 0 Å². The van der Waals surface area contributed by atoms with Crippen LogP contribution in [0.25, 0.3) is 0 Å². The second kappa shape index (κ2) is 9.23. The van der Waals surface area contributed by atoms with Gasteiger partial charge in [0.25, 0.3) is 0 Å². The molecule has 1 atom stereocenters. The predicted octanol–water partition coefficient (Wildman–Crippen LogP) is 2.95. The van der Waals surface area contributed by atoms with Crippen LogP contribution in [0.5, 0.6) is 11.5 Å². The number of benzene rings is 2. The van der Waals surface area contributed by atoms with E-state index in [1.54, 1.807) is 30.3 Å². The molecule has 0 aliphatic carbocycles. The lowest BCUT2D eigenvalue weighted by molar-refractivity contribution is -0.116. The number of carbonyl (C=O) groups excluding carboxylic acids is 1. The zero-order valence-corrected chi connectivity index (χ0v) is 16.1. The molecular formula is C20H23ClFN3O3. The van der Waals surface area contributed by atoms with E-state index in [0.717, 1.165) is 25.2 Å². The number of hydrogen-bond acceptors (Lipinski definition) is 5. The third-order valence-electron chi connectivity index (χ3n) is 4.87. The van der Waals surface area contributed by atoms with E-state index in [2.05, 4.69) is 15.5 Å². The first-order chi connectivity index (χ1) is 13.2. The molecule has 0 radical (unpaired) electrons. The molecule has 8 heteroatoms. The van der Waals surface area contributed by atoms with Crippen LogP contribution in [-0.2, 0) is 4.79 Å². The lowest BCUT2D eigenvalue weighted by atomic mass is 10.0. The van der Waals surface area contributed by atoms with Gasteiger partial charge in [0.2, 0.25) is 12.7 Å². The predicted molar refractivity (Wildman–Crippen MR) is 107 cm³/mol. The summed E-state index contributed by atoms with van der Waals surface area (Å²) in [5.74, 6) is 1.02. The van der Waals surface area contributed by atoms with Crippen molar-refractivity contribution in [3.63, 3.8) is 0 Å². The van der Waals surface area contributed by atoms with Gasteiger partial charge in [-0.05, 0) is 29.8 Å². The van der Waals surface area contributed by atoms with Gasteiger partial charge < -0.3 is 20.1 Å². The smallest absolute Gasteiger partial charge is 0.231 e. The number of carbonyl (C=O) groups is 1. The Morgan fingerprint density at radius 1 is 1.21 bits per heavy atom. The number of halogens is 2. The van der Waals surface area contributed by atoms with Crippen molar-refractivity contribution < 1.29 is 18.7 Å². The largest absolute Gasteiger partial charge is 0.454 e. The molecular weight excluding hydrogens is 385 g/mol. The van der Waals surface area contributed by atoms with Crippen molar-refractivity contribution in [2.45, 2.75) is 12.5 Å². The highest BCUT2D eigenvalue weighted by Gasteiger charge is 2.24. The summed E-state index contributed by atoms with van der Waals surface area (Å²) in [5, 5.41) is 6.24. The van der Waals surface area contributed by atoms with Crippen molar-refractivity contribution >= 4 is 24.0 Å². The molecule has 150 valence electrons. The minimum atomic E-state index is -0.237. The second-order valence-electron chi connectivity index (χ2n) is 6.68. The van der Waals surface area contributed by atoms with E-state index >= 15 is 0 Å². The molecule has 2 aromatic carbocycles. The highest BCUT2D eigenvalue weighted by molar-refractivity contribution is 5.91. The molecule has 1 fully saturated rings. The molecule has 0 saturated carbocycles. The van der Waals surface area contributed by atoms with Crippen LogP contribution in [-0.4, -0.2) is 43.8 Å². The summed E-state index contributed by atoms with van der Waals surface area (Å²) >= 11 is 0. The van der Waals surface area contributed by atoms with Gasteiger partial charge in [0, 0.05) is 50.4 Å². The van der Waals surface area contributed by atoms with E-state index in [0.29, 0.717) is 30.2 Å². The number of anilines is 1. The summed E-state index contributed by atoms with van der Waals surface area (Å²) in [7, 11) is 0. The van der Waals surface area contributed by atoms with Crippen molar-refractivity contribution in [2.75, 3.05) is 38.3 Å². The average Bonchev–Trinajstić information content (AvgIpc) is 3.14. The molecule has 4 rings (SSSR count). The van der Waals surface area contributed by atoms with Crippen LogP contribution in [0.15, 0.2) is 42.5 Å².